The fourth-order valence-electron chi connectivity index (χ4n) is 4.06. The maximum absolute atomic E-state index is 9.89. The third-order valence-electron chi connectivity index (χ3n) is 4.27. The van der Waals surface area contributed by atoms with E-state index in [4.69, 9.17) is 5.73 Å². The van der Waals surface area contributed by atoms with Crippen LogP contribution in [-0.2, 0) is 0 Å². The highest BCUT2D eigenvalue weighted by Crippen LogP contribution is 2.54. The second kappa shape index (κ2) is 2.05. The lowest BCUT2D eigenvalue weighted by atomic mass is 9.52. The van der Waals surface area contributed by atoms with Gasteiger partial charge >= 0.3 is 0 Å². The van der Waals surface area contributed by atoms with E-state index in [0.717, 1.165) is 18.8 Å². The van der Waals surface area contributed by atoms with E-state index in [9.17, 15) is 5.11 Å². The molecule has 0 heterocycles. The van der Waals surface area contributed by atoms with Gasteiger partial charge in [-0.25, -0.2) is 0 Å². The summed E-state index contributed by atoms with van der Waals surface area (Å²) in [6.45, 7) is 0. The van der Waals surface area contributed by atoms with E-state index < -0.39 is 0 Å². The number of rotatable bonds is 0. The minimum absolute atomic E-state index is 0.0155. The van der Waals surface area contributed by atoms with Gasteiger partial charge in [-0.1, -0.05) is 0 Å². The van der Waals surface area contributed by atoms with E-state index in [2.05, 4.69) is 0 Å². The lowest BCUT2D eigenvalue weighted by Gasteiger charge is -2.57. The van der Waals surface area contributed by atoms with Gasteiger partial charge in [0, 0.05) is 5.54 Å². The maximum atomic E-state index is 9.89. The van der Waals surface area contributed by atoms with Crippen LogP contribution in [0.5, 0.6) is 0 Å². The summed E-state index contributed by atoms with van der Waals surface area (Å²) in [7, 11) is 0. The summed E-state index contributed by atoms with van der Waals surface area (Å²) in [5.41, 5.74) is 6.39. The minimum Gasteiger partial charge on any atom is -0.393 e. The lowest BCUT2D eigenvalue weighted by Crippen LogP contribution is -2.60. The van der Waals surface area contributed by atoms with Crippen molar-refractivity contribution in [2.24, 2.45) is 23.5 Å². The molecule has 4 aliphatic carbocycles. The van der Waals surface area contributed by atoms with Gasteiger partial charge in [0.25, 0.3) is 0 Å². The van der Waals surface area contributed by atoms with E-state index in [1.165, 1.54) is 19.3 Å². The molecule has 0 radical (unpaired) electrons. The Hall–Kier alpha value is -0.0800. The van der Waals surface area contributed by atoms with Gasteiger partial charge in [-0.15, -0.1) is 0 Å². The minimum atomic E-state index is -0.0155. The van der Waals surface area contributed by atoms with Crippen molar-refractivity contribution in [2.45, 2.75) is 43.7 Å². The zero-order chi connectivity index (χ0) is 8.34. The average molecular weight is 167 g/mol. The number of aliphatic hydroxyl groups excluding tert-OH is 1. The third-order valence-corrected chi connectivity index (χ3v) is 4.27. The van der Waals surface area contributed by atoms with Crippen molar-refractivity contribution in [3.05, 3.63) is 0 Å². The smallest absolute Gasteiger partial charge is 0.0598 e. The van der Waals surface area contributed by atoms with Crippen molar-refractivity contribution in [1.29, 1.82) is 0 Å². The van der Waals surface area contributed by atoms with Gasteiger partial charge in [0.2, 0.25) is 0 Å². The predicted octanol–water partition coefficient (Wildman–Crippen LogP) is 0.885. The molecule has 4 rings (SSSR count). The molecule has 4 bridgehead atoms. The van der Waals surface area contributed by atoms with Crippen LogP contribution in [0.25, 0.3) is 0 Å². The highest BCUT2D eigenvalue weighted by atomic mass is 16.3. The van der Waals surface area contributed by atoms with Gasteiger partial charge in [-0.3, -0.25) is 0 Å². The highest BCUT2D eigenvalue weighted by molar-refractivity contribution is 5.07. The summed E-state index contributed by atoms with van der Waals surface area (Å²) < 4.78 is 0. The zero-order valence-corrected chi connectivity index (χ0v) is 7.37. The Bertz CT molecular complexity index is 200. The molecule has 4 saturated carbocycles. The van der Waals surface area contributed by atoms with Crippen LogP contribution in [0.3, 0.4) is 0 Å². The van der Waals surface area contributed by atoms with E-state index in [-0.39, 0.29) is 11.6 Å². The number of aliphatic hydroxyl groups is 1. The fourth-order valence-corrected chi connectivity index (χ4v) is 4.06. The van der Waals surface area contributed by atoms with Gasteiger partial charge in [0.15, 0.2) is 0 Å². The maximum Gasteiger partial charge on any atom is 0.0598 e. The van der Waals surface area contributed by atoms with E-state index in [0.29, 0.717) is 11.8 Å². The molecule has 2 nitrogen and oxygen atoms in total. The quantitative estimate of drug-likeness (QED) is 0.562. The first-order valence-corrected chi connectivity index (χ1v) is 5.13. The molecule has 4 fully saturated rings. The van der Waals surface area contributed by atoms with Crippen LogP contribution in [0.1, 0.15) is 32.1 Å². The Kier molecular flexibility index (Phi) is 1.25. The van der Waals surface area contributed by atoms with Gasteiger partial charge in [0.05, 0.1) is 6.10 Å². The molecule has 0 spiro atoms. The van der Waals surface area contributed by atoms with Crippen molar-refractivity contribution < 1.29 is 5.11 Å². The molecule has 12 heavy (non-hydrogen) atoms. The topological polar surface area (TPSA) is 46.2 Å². The summed E-state index contributed by atoms with van der Waals surface area (Å²) in [4.78, 5) is 0. The summed E-state index contributed by atoms with van der Waals surface area (Å²) in [5, 5.41) is 9.89. The van der Waals surface area contributed by atoms with Gasteiger partial charge < -0.3 is 10.8 Å². The standard InChI is InChI=1S/C10H17NO/c11-10-3-6-1-7(4-10)9(12)8(2-6)5-10/h6-9,12H,1-5,11H2/t6?,7-,8+,9?,10?. The molecule has 0 aromatic carbocycles. The van der Waals surface area contributed by atoms with E-state index in [1.807, 2.05) is 0 Å². The summed E-state index contributed by atoms with van der Waals surface area (Å²) >= 11 is 0. The number of nitrogens with two attached hydrogens (primary N) is 1. The summed E-state index contributed by atoms with van der Waals surface area (Å²) in [5.74, 6) is 1.93. The van der Waals surface area contributed by atoms with Crippen molar-refractivity contribution >= 4 is 0 Å². The third kappa shape index (κ3) is 0.826. The van der Waals surface area contributed by atoms with Gasteiger partial charge in [-0.05, 0) is 49.9 Å². The molecule has 0 saturated heterocycles. The Labute approximate surface area is 73.1 Å². The first-order chi connectivity index (χ1) is 5.66. The van der Waals surface area contributed by atoms with Crippen molar-refractivity contribution in [2.75, 3.05) is 0 Å². The van der Waals surface area contributed by atoms with Crippen molar-refractivity contribution in [1.82, 2.24) is 0 Å². The molecule has 3 unspecified atom stereocenters. The first kappa shape index (κ1) is 7.34. The highest BCUT2D eigenvalue weighted by Gasteiger charge is 2.53. The number of hydrogen-bond donors (Lipinski definition) is 2. The number of hydrogen-bond acceptors (Lipinski definition) is 2. The lowest BCUT2D eigenvalue weighted by molar-refractivity contribution is -0.102. The molecule has 0 amide bonds. The van der Waals surface area contributed by atoms with Crippen LogP contribution in [0.4, 0.5) is 0 Å². The average Bonchev–Trinajstić information content (AvgIpc) is 1.96. The second-order valence-corrected chi connectivity index (χ2v) is 5.32. The molecular weight excluding hydrogens is 150 g/mol. The molecule has 5 atom stereocenters. The molecular formula is C10H17NO. The summed E-state index contributed by atoms with van der Waals surface area (Å²) in [6, 6.07) is 0. The van der Waals surface area contributed by atoms with Crippen LogP contribution < -0.4 is 5.73 Å². The van der Waals surface area contributed by atoms with Gasteiger partial charge in [-0.2, -0.15) is 0 Å². The summed E-state index contributed by atoms with van der Waals surface area (Å²) in [6.07, 6.45) is 5.88. The first-order valence-electron chi connectivity index (χ1n) is 5.13. The molecule has 0 aromatic heterocycles. The molecule has 68 valence electrons. The molecule has 4 aliphatic rings. The van der Waals surface area contributed by atoms with Crippen molar-refractivity contribution in [3.8, 4) is 0 Å². The molecule has 2 heteroatoms. The predicted molar refractivity (Wildman–Crippen MR) is 46.5 cm³/mol. The van der Waals surface area contributed by atoms with Crippen molar-refractivity contribution in [3.63, 3.8) is 0 Å². The van der Waals surface area contributed by atoms with E-state index in [1.54, 1.807) is 0 Å². The van der Waals surface area contributed by atoms with Gasteiger partial charge in [0.1, 0.15) is 0 Å². The van der Waals surface area contributed by atoms with Crippen LogP contribution in [0.15, 0.2) is 0 Å². The van der Waals surface area contributed by atoms with Crippen LogP contribution >= 0.6 is 0 Å². The van der Waals surface area contributed by atoms with Crippen LogP contribution in [0, 0.1) is 17.8 Å². The SMILES string of the molecule is NC12CC3C[C@H](C1)C(O)[C@@H](C3)C2. The fraction of sp³-hybridized carbons (Fsp3) is 1.00. The largest absolute Gasteiger partial charge is 0.393 e. The second-order valence-electron chi connectivity index (χ2n) is 5.32. The molecule has 3 N–H and O–H groups in total. The van der Waals surface area contributed by atoms with Crippen LogP contribution in [-0.4, -0.2) is 16.7 Å². The molecule has 0 aromatic rings. The Morgan fingerprint density at radius 1 is 1.08 bits per heavy atom. The van der Waals surface area contributed by atoms with E-state index >= 15 is 0 Å². The normalized spacial score (nSPS) is 62.5. The zero-order valence-electron chi connectivity index (χ0n) is 7.37. The Balaban J connectivity index is 1.95. The Morgan fingerprint density at radius 3 is 2.17 bits per heavy atom. The van der Waals surface area contributed by atoms with Crippen LogP contribution in [0.2, 0.25) is 0 Å². The molecule has 0 aliphatic heterocycles. The Morgan fingerprint density at radius 2 is 1.67 bits per heavy atom. The monoisotopic (exact) mass is 167 g/mol.